The van der Waals surface area contributed by atoms with Crippen LogP contribution >= 0.6 is 0 Å². The van der Waals surface area contributed by atoms with E-state index in [-0.39, 0.29) is 11.8 Å². The Morgan fingerprint density at radius 1 is 1.53 bits per heavy atom. The summed E-state index contributed by atoms with van der Waals surface area (Å²) in [6, 6.07) is 5.52. The van der Waals surface area contributed by atoms with Crippen molar-refractivity contribution in [2.45, 2.75) is 19.8 Å². The lowest BCUT2D eigenvalue weighted by molar-refractivity contribution is -0.123. The molecule has 1 fully saturated rings. The largest absolute Gasteiger partial charge is 0.399 e. The van der Waals surface area contributed by atoms with Crippen LogP contribution in [0, 0.1) is 12.8 Å². The minimum absolute atomic E-state index is 0.0263. The van der Waals surface area contributed by atoms with Gasteiger partial charge in [-0.15, -0.1) is 0 Å². The summed E-state index contributed by atoms with van der Waals surface area (Å²) in [5.74, 6) is -0.0111. The van der Waals surface area contributed by atoms with Crippen LogP contribution in [0.3, 0.4) is 0 Å². The van der Waals surface area contributed by atoms with Gasteiger partial charge in [-0.05, 0) is 37.5 Å². The maximum absolute atomic E-state index is 12.0. The molecule has 1 aliphatic rings. The van der Waals surface area contributed by atoms with Gasteiger partial charge in [-0.25, -0.2) is 0 Å². The Labute approximate surface area is 101 Å². The number of amides is 1. The number of anilines is 2. The molecule has 1 saturated heterocycles. The van der Waals surface area contributed by atoms with E-state index in [9.17, 15) is 4.79 Å². The summed E-state index contributed by atoms with van der Waals surface area (Å²) in [6.07, 6.45) is 1.85. The standard InChI is InChI=1S/C13H18N2O2/c1-9-4-5-11(14)7-12(9)15-13(16)10-3-2-6-17-8-10/h4-5,7,10H,2-3,6,8,14H2,1H3,(H,15,16). The predicted octanol–water partition coefficient (Wildman–Crippen LogP) is 1.94. The second-order valence-corrected chi connectivity index (χ2v) is 4.48. The van der Waals surface area contributed by atoms with E-state index in [0.29, 0.717) is 12.3 Å². The first kappa shape index (κ1) is 11.9. The summed E-state index contributed by atoms with van der Waals surface area (Å²) in [5.41, 5.74) is 8.17. The summed E-state index contributed by atoms with van der Waals surface area (Å²) >= 11 is 0. The van der Waals surface area contributed by atoms with Gasteiger partial charge in [0.1, 0.15) is 0 Å². The van der Waals surface area contributed by atoms with E-state index in [1.807, 2.05) is 19.1 Å². The zero-order valence-corrected chi connectivity index (χ0v) is 10.0. The zero-order valence-electron chi connectivity index (χ0n) is 10.0. The Balaban J connectivity index is 2.04. The van der Waals surface area contributed by atoms with E-state index in [1.165, 1.54) is 0 Å². The van der Waals surface area contributed by atoms with Gasteiger partial charge in [-0.2, -0.15) is 0 Å². The molecule has 1 aliphatic heterocycles. The maximum atomic E-state index is 12.0. The summed E-state index contributed by atoms with van der Waals surface area (Å²) in [7, 11) is 0. The van der Waals surface area contributed by atoms with Crippen molar-refractivity contribution in [2.24, 2.45) is 5.92 Å². The molecule has 0 aliphatic carbocycles. The van der Waals surface area contributed by atoms with Gasteiger partial charge >= 0.3 is 0 Å². The van der Waals surface area contributed by atoms with Crippen molar-refractivity contribution in [1.29, 1.82) is 0 Å². The molecule has 1 unspecified atom stereocenters. The lowest BCUT2D eigenvalue weighted by atomic mass is 10.0. The molecule has 4 nitrogen and oxygen atoms in total. The van der Waals surface area contributed by atoms with E-state index >= 15 is 0 Å². The van der Waals surface area contributed by atoms with Crippen LogP contribution < -0.4 is 11.1 Å². The second-order valence-electron chi connectivity index (χ2n) is 4.48. The molecule has 3 N–H and O–H groups in total. The van der Waals surface area contributed by atoms with Gasteiger partial charge in [0.15, 0.2) is 0 Å². The molecule has 1 aromatic rings. The highest BCUT2D eigenvalue weighted by molar-refractivity contribution is 5.93. The van der Waals surface area contributed by atoms with E-state index in [1.54, 1.807) is 6.07 Å². The fraction of sp³-hybridized carbons (Fsp3) is 0.462. The van der Waals surface area contributed by atoms with Gasteiger partial charge < -0.3 is 15.8 Å². The average Bonchev–Trinajstić information content (AvgIpc) is 2.35. The van der Waals surface area contributed by atoms with Crippen LogP contribution in [0.1, 0.15) is 18.4 Å². The number of carbonyl (C=O) groups excluding carboxylic acids is 1. The van der Waals surface area contributed by atoms with E-state index in [4.69, 9.17) is 10.5 Å². The first-order valence-corrected chi connectivity index (χ1v) is 5.91. The molecule has 1 heterocycles. The van der Waals surface area contributed by atoms with Crippen LogP contribution in [0.15, 0.2) is 18.2 Å². The van der Waals surface area contributed by atoms with Crippen molar-refractivity contribution in [2.75, 3.05) is 24.3 Å². The molecule has 0 radical (unpaired) electrons. The van der Waals surface area contributed by atoms with Crippen molar-refractivity contribution in [3.63, 3.8) is 0 Å². The first-order chi connectivity index (χ1) is 8.16. The van der Waals surface area contributed by atoms with Crippen LogP contribution in [0.2, 0.25) is 0 Å². The van der Waals surface area contributed by atoms with E-state index in [0.717, 1.165) is 30.7 Å². The molecule has 1 atom stereocenters. The number of ether oxygens (including phenoxy) is 1. The predicted molar refractivity (Wildman–Crippen MR) is 67.8 cm³/mol. The summed E-state index contributed by atoms with van der Waals surface area (Å²) < 4.78 is 5.31. The number of nitrogens with two attached hydrogens (primary N) is 1. The third kappa shape index (κ3) is 2.97. The molecular formula is C13H18N2O2. The first-order valence-electron chi connectivity index (χ1n) is 5.91. The number of aryl methyl sites for hydroxylation is 1. The quantitative estimate of drug-likeness (QED) is 0.769. The summed E-state index contributed by atoms with van der Waals surface area (Å²) in [6.45, 7) is 3.24. The lowest BCUT2D eigenvalue weighted by Gasteiger charge is -2.21. The van der Waals surface area contributed by atoms with Crippen LogP contribution in [0.5, 0.6) is 0 Å². The fourth-order valence-electron chi connectivity index (χ4n) is 1.96. The van der Waals surface area contributed by atoms with Crippen molar-refractivity contribution in [3.8, 4) is 0 Å². The smallest absolute Gasteiger partial charge is 0.229 e. The SMILES string of the molecule is Cc1ccc(N)cc1NC(=O)C1CCCOC1. The van der Waals surface area contributed by atoms with Crippen LogP contribution in [0.4, 0.5) is 11.4 Å². The van der Waals surface area contributed by atoms with Gasteiger partial charge in [0.05, 0.1) is 12.5 Å². The van der Waals surface area contributed by atoms with E-state index in [2.05, 4.69) is 5.32 Å². The molecule has 0 spiro atoms. The van der Waals surface area contributed by atoms with Crippen LogP contribution in [-0.4, -0.2) is 19.1 Å². The molecule has 0 bridgehead atoms. The maximum Gasteiger partial charge on any atom is 0.229 e. The number of nitrogens with one attached hydrogen (secondary N) is 1. The Morgan fingerprint density at radius 2 is 2.35 bits per heavy atom. The molecular weight excluding hydrogens is 216 g/mol. The Bertz CT molecular complexity index is 412. The van der Waals surface area contributed by atoms with Gasteiger partial charge in [-0.3, -0.25) is 4.79 Å². The molecule has 0 saturated carbocycles. The van der Waals surface area contributed by atoms with Gasteiger partial charge in [0.2, 0.25) is 5.91 Å². The van der Waals surface area contributed by atoms with Crippen molar-refractivity contribution in [3.05, 3.63) is 23.8 Å². The molecule has 0 aromatic heterocycles. The van der Waals surface area contributed by atoms with E-state index < -0.39 is 0 Å². The lowest BCUT2D eigenvalue weighted by Crippen LogP contribution is -2.30. The Kier molecular flexibility index (Phi) is 3.64. The van der Waals surface area contributed by atoms with Gasteiger partial charge in [-0.1, -0.05) is 6.07 Å². The zero-order chi connectivity index (χ0) is 12.3. The highest BCUT2D eigenvalue weighted by atomic mass is 16.5. The van der Waals surface area contributed by atoms with Gasteiger partial charge in [0.25, 0.3) is 0 Å². The molecule has 1 aromatic carbocycles. The molecule has 17 heavy (non-hydrogen) atoms. The Morgan fingerprint density at radius 3 is 3.06 bits per heavy atom. The third-order valence-corrected chi connectivity index (χ3v) is 3.05. The van der Waals surface area contributed by atoms with Crippen molar-refractivity contribution >= 4 is 17.3 Å². The minimum atomic E-state index is -0.0374. The number of nitrogen functional groups attached to an aromatic ring is 1. The second kappa shape index (κ2) is 5.19. The van der Waals surface area contributed by atoms with Gasteiger partial charge in [0, 0.05) is 18.0 Å². The molecule has 1 amide bonds. The average molecular weight is 234 g/mol. The van der Waals surface area contributed by atoms with Crippen LogP contribution in [0.25, 0.3) is 0 Å². The number of benzene rings is 1. The number of rotatable bonds is 2. The normalized spacial score (nSPS) is 19.9. The van der Waals surface area contributed by atoms with Crippen molar-refractivity contribution in [1.82, 2.24) is 0 Å². The molecule has 4 heteroatoms. The van der Waals surface area contributed by atoms with Crippen molar-refractivity contribution < 1.29 is 9.53 Å². The number of hydrogen-bond donors (Lipinski definition) is 2. The molecule has 2 rings (SSSR count). The highest BCUT2D eigenvalue weighted by Crippen LogP contribution is 2.21. The topological polar surface area (TPSA) is 64.3 Å². The number of carbonyl (C=O) groups is 1. The van der Waals surface area contributed by atoms with Crippen LogP contribution in [-0.2, 0) is 9.53 Å². The fourth-order valence-corrected chi connectivity index (χ4v) is 1.96. The highest BCUT2D eigenvalue weighted by Gasteiger charge is 2.22. The monoisotopic (exact) mass is 234 g/mol. The minimum Gasteiger partial charge on any atom is -0.399 e. The third-order valence-electron chi connectivity index (χ3n) is 3.05. The summed E-state index contributed by atoms with van der Waals surface area (Å²) in [4.78, 5) is 12.0. The number of hydrogen-bond acceptors (Lipinski definition) is 3. The summed E-state index contributed by atoms with van der Waals surface area (Å²) in [5, 5.41) is 2.92. The molecule has 92 valence electrons. The Hall–Kier alpha value is -1.55.